The van der Waals surface area contributed by atoms with Gasteiger partial charge in [0.25, 0.3) is 0 Å². The van der Waals surface area contributed by atoms with Crippen molar-refractivity contribution in [3.05, 3.63) is 0 Å². The van der Waals surface area contributed by atoms with E-state index in [1.54, 1.807) is 41.5 Å². The number of carbonyl (C=O) groups excluding carboxylic acids is 11. The van der Waals surface area contributed by atoms with Crippen molar-refractivity contribution in [1.29, 1.82) is 0 Å². The fourth-order valence-corrected chi connectivity index (χ4v) is 7.65. The van der Waals surface area contributed by atoms with E-state index in [0.29, 0.717) is 25.8 Å². The Labute approximate surface area is 427 Å². The Balaban J connectivity index is 3.37. The maximum Gasteiger partial charge on any atom is 0.312 e. The number of aliphatic hydroxyl groups is 1. The molecule has 0 unspecified atom stereocenters. The predicted octanol–water partition coefficient (Wildman–Crippen LogP) is -4.00. The summed E-state index contributed by atoms with van der Waals surface area (Å²) < 4.78 is 0. The number of guanidine groups is 1. The summed E-state index contributed by atoms with van der Waals surface area (Å²) in [6.07, 6.45) is 0.138. The monoisotopic (exact) mass is 1040 g/mol. The minimum Gasteiger partial charge on any atom is -0.391 e. The summed E-state index contributed by atoms with van der Waals surface area (Å²) in [6.45, 7) is 12.7. The molecule has 1 rings (SSSR count). The van der Waals surface area contributed by atoms with Crippen LogP contribution in [0.3, 0.4) is 0 Å². The smallest absolute Gasteiger partial charge is 0.312 e. The van der Waals surface area contributed by atoms with Gasteiger partial charge in [-0.25, -0.2) is 4.79 Å². The lowest BCUT2D eigenvalue weighted by Gasteiger charge is -2.30. The Kier molecular flexibility index (Phi) is 29.1. The number of primary amides is 1. The summed E-state index contributed by atoms with van der Waals surface area (Å²) in [5.74, 6) is -7.68. The highest BCUT2D eigenvalue weighted by Crippen LogP contribution is 2.20. The van der Waals surface area contributed by atoms with Crippen molar-refractivity contribution in [2.75, 3.05) is 46.3 Å². The first-order chi connectivity index (χ1) is 34.2. The third-order valence-corrected chi connectivity index (χ3v) is 11.6. The van der Waals surface area contributed by atoms with E-state index in [9.17, 15) is 57.8 Å². The normalized spacial score (nSPS) is 15.9. The van der Waals surface area contributed by atoms with Gasteiger partial charge in [-0.2, -0.15) is 0 Å². The number of nitrogens with two attached hydrogens (primary N) is 3. The molecule has 0 aromatic carbocycles. The lowest BCUT2D eigenvalue weighted by molar-refractivity contribution is -0.142. The van der Waals surface area contributed by atoms with Crippen molar-refractivity contribution in [2.45, 2.75) is 162 Å². The predicted molar refractivity (Wildman–Crippen MR) is 269 cm³/mol. The number of amides is 12. The molecule has 0 radical (unpaired) electrons. The summed E-state index contributed by atoms with van der Waals surface area (Å²) in [5, 5.41) is 33.9. The zero-order chi connectivity index (χ0) is 55.5. The number of urea groups is 1. The number of hydrogen-bond acceptors (Lipinski definition) is 13. The molecule has 0 aliphatic carbocycles. The number of nitrogens with one attached hydrogen (secondary N) is 9. The molecule has 73 heavy (non-hydrogen) atoms. The molecule has 0 spiro atoms. The van der Waals surface area contributed by atoms with Crippen LogP contribution in [0, 0.1) is 11.8 Å². The van der Waals surface area contributed by atoms with Gasteiger partial charge in [0.2, 0.25) is 59.1 Å². The molecule has 27 heteroatoms. The van der Waals surface area contributed by atoms with Crippen LogP contribution in [-0.2, 0) is 47.9 Å². The standard InChI is InChI=1S/C46H83N15O12/c1-10-15-29(38(66)54-30(16-12-20-52-46(49)73)39(67)56-31(17-13-19-51-45(47)48)44(72)61-21-14-18-33(61)41(69)50-11-2)55-43(71)37(27(7)62)59-40(68)32(22-25(3)4)57-42(70)36(26(5)6)58-34(64)23-53-35(65)24-60(9)28(8)63/h25-27,29-33,36-37,62H,10-24H2,1-9H3,(H,50,69)(H,53,65)(H,54,66)(H,55,71)(H,56,67)(H,57,70)(H,58,64)(H,59,68)(H4,47,48,51)(H3,49,52,73)/t27-,29+,30+,31+,32-,33+,36+,37+/m1/s1. The molecule has 27 nitrogen and oxygen atoms in total. The first-order valence-corrected chi connectivity index (χ1v) is 24.9. The summed E-state index contributed by atoms with van der Waals surface area (Å²) in [4.78, 5) is 151. The SMILES string of the molecule is CCC[C@H](NC(=O)[C@@H](NC(=O)[C@@H](CC(C)C)NC(=O)[C@@H](NC(=O)CNC(=O)CN(C)C(C)=O)C(C)C)[C@@H](C)O)C(=O)N[C@@H](CCCNC(N)=O)C(=O)N[C@@H](CCCN=C(N)N)C(=O)N1CCC[C@H]1C(=O)NCC. The van der Waals surface area contributed by atoms with Crippen molar-refractivity contribution in [2.24, 2.45) is 34.0 Å². The fraction of sp³-hybridized carbons (Fsp3) is 0.739. The molecule has 414 valence electrons. The van der Waals surface area contributed by atoms with Crippen LogP contribution in [0.25, 0.3) is 0 Å². The topological polar surface area (TPSA) is 413 Å². The van der Waals surface area contributed by atoms with Gasteiger partial charge in [0.15, 0.2) is 5.96 Å². The zero-order valence-corrected chi connectivity index (χ0v) is 43.9. The summed E-state index contributed by atoms with van der Waals surface area (Å²) in [6, 6.07) is -9.61. The number of likely N-dealkylation sites (tertiary alicyclic amines) is 1. The molecule has 0 aromatic rings. The van der Waals surface area contributed by atoms with Gasteiger partial charge in [-0.05, 0) is 77.0 Å². The molecule has 0 saturated carbocycles. The molecule has 16 N–H and O–H groups in total. The van der Waals surface area contributed by atoms with Crippen LogP contribution in [-0.4, -0.2) is 181 Å². The Morgan fingerprint density at radius 2 is 1.25 bits per heavy atom. The van der Waals surface area contributed by atoms with Crippen molar-refractivity contribution in [3.8, 4) is 0 Å². The number of aliphatic imine (C=N–C) groups is 1. The second-order valence-corrected chi connectivity index (χ2v) is 18.8. The van der Waals surface area contributed by atoms with Crippen molar-refractivity contribution in [1.82, 2.24) is 57.7 Å². The van der Waals surface area contributed by atoms with Crippen LogP contribution in [0.1, 0.15) is 113 Å². The Hall–Kier alpha value is -6.80. The van der Waals surface area contributed by atoms with Crippen molar-refractivity contribution < 1.29 is 57.8 Å². The minimum atomic E-state index is -1.67. The van der Waals surface area contributed by atoms with Gasteiger partial charge in [0, 0.05) is 40.2 Å². The number of rotatable bonds is 32. The van der Waals surface area contributed by atoms with Gasteiger partial charge in [-0.3, -0.25) is 52.9 Å². The van der Waals surface area contributed by atoms with Gasteiger partial charge in [0.1, 0.15) is 42.3 Å². The van der Waals surface area contributed by atoms with Crippen molar-refractivity contribution >= 4 is 71.1 Å². The first kappa shape index (κ1) is 64.2. The molecular weight excluding hydrogens is 955 g/mol. The van der Waals surface area contributed by atoms with E-state index in [-0.39, 0.29) is 88.4 Å². The largest absolute Gasteiger partial charge is 0.391 e. The van der Waals surface area contributed by atoms with Gasteiger partial charge in [-0.15, -0.1) is 0 Å². The van der Waals surface area contributed by atoms with Gasteiger partial charge < -0.3 is 80.0 Å². The van der Waals surface area contributed by atoms with E-state index in [2.05, 4.69) is 52.8 Å². The number of carbonyl (C=O) groups is 11. The molecule has 1 fully saturated rings. The fourth-order valence-electron chi connectivity index (χ4n) is 7.65. The zero-order valence-electron chi connectivity index (χ0n) is 43.9. The second-order valence-electron chi connectivity index (χ2n) is 18.8. The van der Waals surface area contributed by atoms with E-state index in [4.69, 9.17) is 17.2 Å². The van der Waals surface area contributed by atoms with Crippen LogP contribution >= 0.6 is 0 Å². The Morgan fingerprint density at radius 3 is 1.79 bits per heavy atom. The number of likely N-dealkylation sites (N-methyl/N-ethyl adjacent to an activating group) is 2. The van der Waals surface area contributed by atoms with E-state index >= 15 is 0 Å². The van der Waals surface area contributed by atoms with Gasteiger partial charge in [-0.1, -0.05) is 41.0 Å². The highest BCUT2D eigenvalue weighted by molar-refractivity contribution is 5.98. The highest BCUT2D eigenvalue weighted by Gasteiger charge is 2.39. The molecule has 1 aliphatic heterocycles. The van der Waals surface area contributed by atoms with Crippen molar-refractivity contribution in [3.63, 3.8) is 0 Å². The van der Waals surface area contributed by atoms with E-state index in [0.717, 1.165) is 4.90 Å². The number of nitrogens with zero attached hydrogens (tertiary/aromatic N) is 3. The summed E-state index contributed by atoms with van der Waals surface area (Å²) in [7, 11) is 1.41. The second kappa shape index (κ2) is 33.0. The molecule has 8 atom stereocenters. The quantitative estimate of drug-likeness (QED) is 0.0174. The molecule has 1 aliphatic rings. The summed E-state index contributed by atoms with van der Waals surface area (Å²) >= 11 is 0. The lowest BCUT2D eigenvalue weighted by atomic mass is 9.99. The van der Waals surface area contributed by atoms with E-state index in [1.807, 2.05) is 0 Å². The number of hydrogen-bond donors (Lipinski definition) is 13. The maximum absolute atomic E-state index is 14.2. The van der Waals surface area contributed by atoms with E-state index < -0.39 is 114 Å². The van der Waals surface area contributed by atoms with Crippen LogP contribution in [0.15, 0.2) is 4.99 Å². The molecule has 0 aromatic heterocycles. The molecular formula is C46H83N15O12. The molecule has 1 heterocycles. The maximum atomic E-state index is 14.2. The average molecular weight is 1040 g/mol. The average Bonchev–Trinajstić information content (AvgIpc) is 3.80. The number of aliphatic hydroxyl groups excluding tert-OH is 1. The van der Waals surface area contributed by atoms with E-state index in [1.165, 1.54) is 25.8 Å². The van der Waals surface area contributed by atoms with Crippen LogP contribution in [0.5, 0.6) is 0 Å². The van der Waals surface area contributed by atoms with Gasteiger partial charge in [0.05, 0.1) is 19.2 Å². The summed E-state index contributed by atoms with van der Waals surface area (Å²) in [5.41, 5.74) is 16.2. The third-order valence-electron chi connectivity index (χ3n) is 11.6. The molecule has 0 bridgehead atoms. The van der Waals surface area contributed by atoms with Crippen LogP contribution < -0.4 is 65.1 Å². The first-order valence-electron chi connectivity index (χ1n) is 24.9. The lowest BCUT2D eigenvalue weighted by Crippen LogP contribution is -2.62. The minimum absolute atomic E-state index is 0.00954. The third kappa shape index (κ3) is 24.0. The van der Waals surface area contributed by atoms with Crippen LogP contribution in [0.2, 0.25) is 0 Å². The van der Waals surface area contributed by atoms with Gasteiger partial charge >= 0.3 is 6.03 Å². The van der Waals surface area contributed by atoms with Crippen LogP contribution in [0.4, 0.5) is 4.79 Å². The molecule has 1 saturated heterocycles. The Bertz CT molecular complexity index is 1930. The Morgan fingerprint density at radius 1 is 0.685 bits per heavy atom. The highest BCUT2D eigenvalue weighted by atomic mass is 16.3. The molecule has 12 amide bonds.